The molecule has 0 aliphatic heterocycles. The van der Waals surface area contributed by atoms with Crippen LogP contribution in [0.5, 0.6) is 0 Å². The van der Waals surface area contributed by atoms with Crippen LogP contribution in [0.15, 0.2) is 54.7 Å². The van der Waals surface area contributed by atoms with Crippen LogP contribution in [0.25, 0.3) is 22.4 Å². The van der Waals surface area contributed by atoms with Crippen molar-refractivity contribution in [3.8, 4) is 22.4 Å². The van der Waals surface area contributed by atoms with Crippen LogP contribution in [-0.2, 0) is 7.05 Å². The molecule has 0 fully saturated rings. The second kappa shape index (κ2) is 6.00. The van der Waals surface area contributed by atoms with Gasteiger partial charge in [-0.05, 0) is 61.9 Å². The quantitative estimate of drug-likeness (QED) is 0.581. The van der Waals surface area contributed by atoms with Crippen molar-refractivity contribution in [2.45, 2.75) is 27.5 Å². The first-order valence-corrected chi connectivity index (χ1v) is 7.37. The van der Waals surface area contributed by atoms with E-state index < -0.39 is 20.6 Å². The molecule has 0 saturated heterocycles. The van der Waals surface area contributed by atoms with Crippen molar-refractivity contribution in [1.82, 2.24) is 0 Å². The largest absolute Gasteiger partial charge is 0.220 e. The number of rotatable bonds is 2. The average molecular weight is 311 g/mol. The molecule has 0 aliphatic carbocycles. The second-order valence-corrected chi connectivity index (χ2v) is 5.65. The first-order chi connectivity index (χ1) is 14.6. The predicted octanol–water partition coefficient (Wildman–Crippen LogP) is 5.08. The third-order valence-corrected chi connectivity index (χ3v) is 3.97. The van der Waals surface area contributed by atoms with E-state index in [1.165, 1.54) is 30.5 Å². The second-order valence-electron chi connectivity index (χ2n) is 5.65. The highest BCUT2D eigenvalue weighted by Gasteiger charge is 2.21. The highest BCUT2D eigenvalue weighted by Crippen LogP contribution is 2.35. The normalized spacial score (nSPS) is 18.3. The van der Waals surface area contributed by atoms with Crippen LogP contribution in [0.2, 0.25) is 0 Å². The fourth-order valence-corrected chi connectivity index (χ4v) is 2.93. The third kappa shape index (κ3) is 2.79. The summed E-state index contributed by atoms with van der Waals surface area (Å²) in [6.07, 6.45) is 1.48. The molecule has 23 heavy (non-hydrogen) atoms. The van der Waals surface area contributed by atoms with E-state index in [2.05, 4.69) is 0 Å². The minimum absolute atomic E-state index is 0.0100. The van der Waals surface area contributed by atoms with Crippen LogP contribution in [0.3, 0.4) is 0 Å². The maximum absolute atomic E-state index is 8.04. The highest BCUT2D eigenvalue weighted by atomic mass is 14.9. The summed E-state index contributed by atoms with van der Waals surface area (Å²) in [5.41, 5.74) is 2.17. The van der Waals surface area contributed by atoms with Crippen molar-refractivity contribution >= 4 is 0 Å². The molecule has 116 valence electrons. The SMILES string of the molecule is [2H]C([2H])([2H])c1cc(-c2c(C([2H])([2H])[2H])cccc2C([2H])([2H])[2H])c(-c2ccccc2C)[n+](C)c1. The number of aryl methyl sites for hydroxylation is 5. The van der Waals surface area contributed by atoms with Gasteiger partial charge in [-0.3, -0.25) is 0 Å². The number of benzene rings is 2. The Kier molecular flexibility index (Phi) is 2.07. The summed E-state index contributed by atoms with van der Waals surface area (Å²) in [4.78, 5) is 0. The van der Waals surface area contributed by atoms with Gasteiger partial charge in [0, 0.05) is 23.5 Å². The molecular formula is C22H24N+. The minimum atomic E-state index is -2.60. The van der Waals surface area contributed by atoms with Gasteiger partial charge in [0.05, 0.1) is 5.56 Å². The van der Waals surface area contributed by atoms with Crippen LogP contribution >= 0.6 is 0 Å². The molecule has 0 bridgehead atoms. The number of aromatic nitrogens is 1. The van der Waals surface area contributed by atoms with E-state index in [1.54, 1.807) is 11.6 Å². The molecule has 0 spiro atoms. The van der Waals surface area contributed by atoms with Crippen molar-refractivity contribution in [1.29, 1.82) is 0 Å². The summed E-state index contributed by atoms with van der Waals surface area (Å²) in [6, 6.07) is 13.0. The van der Waals surface area contributed by atoms with Gasteiger partial charge in [0.15, 0.2) is 6.20 Å². The Labute approximate surface area is 151 Å². The smallest absolute Gasteiger partial charge is 0.200 e. The molecule has 1 heteroatoms. The van der Waals surface area contributed by atoms with Gasteiger partial charge in [-0.1, -0.05) is 36.4 Å². The van der Waals surface area contributed by atoms with Crippen molar-refractivity contribution in [3.63, 3.8) is 0 Å². The van der Waals surface area contributed by atoms with Gasteiger partial charge in [0.2, 0.25) is 5.69 Å². The molecule has 0 atom stereocenters. The number of nitrogens with zero attached hydrogens (tertiary/aromatic N) is 1. The number of pyridine rings is 1. The first kappa shape index (κ1) is 7.92. The van der Waals surface area contributed by atoms with Gasteiger partial charge in [-0.2, -0.15) is 0 Å². The molecule has 1 nitrogen and oxygen atoms in total. The van der Waals surface area contributed by atoms with Crippen LogP contribution < -0.4 is 4.57 Å². The molecule has 3 aromatic rings. The molecule has 0 amide bonds. The molecule has 0 saturated carbocycles. The van der Waals surface area contributed by atoms with Crippen LogP contribution in [-0.4, -0.2) is 0 Å². The Morgan fingerprint density at radius 3 is 2.17 bits per heavy atom. The van der Waals surface area contributed by atoms with Gasteiger partial charge in [-0.25, -0.2) is 4.57 Å². The van der Waals surface area contributed by atoms with Gasteiger partial charge in [0.25, 0.3) is 0 Å². The lowest BCUT2D eigenvalue weighted by Gasteiger charge is -2.15. The molecule has 3 rings (SSSR count). The number of hydrogen-bond acceptors (Lipinski definition) is 0. The van der Waals surface area contributed by atoms with Crippen LogP contribution in [0, 0.1) is 27.5 Å². The van der Waals surface area contributed by atoms with Crippen molar-refractivity contribution < 1.29 is 16.9 Å². The summed E-state index contributed by atoms with van der Waals surface area (Å²) in [5, 5.41) is 0. The summed E-state index contributed by atoms with van der Waals surface area (Å²) in [5.74, 6) is 0. The lowest BCUT2D eigenvalue weighted by molar-refractivity contribution is -0.660. The molecule has 0 aliphatic rings. The van der Waals surface area contributed by atoms with Gasteiger partial charge >= 0.3 is 0 Å². The van der Waals surface area contributed by atoms with E-state index in [-0.39, 0.29) is 27.8 Å². The summed E-state index contributed by atoms with van der Waals surface area (Å²) in [7, 11) is 1.67. The van der Waals surface area contributed by atoms with E-state index in [1.807, 2.05) is 31.2 Å². The molecular weight excluding hydrogens is 278 g/mol. The zero-order valence-corrected chi connectivity index (χ0v) is 13.1. The fraction of sp³-hybridized carbons (Fsp3) is 0.227. The zero-order chi connectivity index (χ0) is 24.1. The molecule has 1 aromatic heterocycles. The van der Waals surface area contributed by atoms with Crippen molar-refractivity contribution in [2.75, 3.05) is 0 Å². The molecule has 0 unspecified atom stereocenters. The Morgan fingerprint density at radius 1 is 0.826 bits per heavy atom. The van der Waals surface area contributed by atoms with E-state index >= 15 is 0 Å². The average Bonchev–Trinajstić information content (AvgIpc) is 2.65. The lowest BCUT2D eigenvalue weighted by Crippen LogP contribution is -2.32. The Morgan fingerprint density at radius 2 is 1.52 bits per heavy atom. The van der Waals surface area contributed by atoms with E-state index in [0.717, 1.165) is 11.1 Å². The lowest BCUT2D eigenvalue weighted by atomic mass is 9.90. The summed E-state index contributed by atoms with van der Waals surface area (Å²) < 4.78 is 73.6. The van der Waals surface area contributed by atoms with Crippen LogP contribution in [0.4, 0.5) is 0 Å². The van der Waals surface area contributed by atoms with Crippen molar-refractivity contribution in [2.24, 2.45) is 7.05 Å². The fourth-order valence-electron chi connectivity index (χ4n) is 2.93. The number of hydrogen-bond donors (Lipinski definition) is 0. The van der Waals surface area contributed by atoms with Crippen LogP contribution in [0.1, 0.15) is 34.6 Å². The third-order valence-electron chi connectivity index (χ3n) is 3.97. The minimum Gasteiger partial charge on any atom is -0.200 e. The first-order valence-electron chi connectivity index (χ1n) is 11.9. The van der Waals surface area contributed by atoms with E-state index in [9.17, 15) is 0 Å². The molecule has 2 aromatic carbocycles. The van der Waals surface area contributed by atoms with Gasteiger partial charge in [-0.15, -0.1) is 0 Å². The summed E-state index contributed by atoms with van der Waals surface area (Å²) >= 11 is 0. The maximum atomic E-state index is 8.04. The Balaban J connectivity index is 2.58. The van der Waals surface area contributed by atoms with Crippen molar-refractivity contribution in [3.05, 3.63) is 77.0 Å². The molecule has 0 radical (unpaired) electrons. The zero-order valence-electron chi connectivity index (χ0n) is 22.1. The Bertz CT molecular complexity index is 1120. The topological polar surface area (TPSA) is 3.88 Å². The molecule has 1 heterocycles. The summed E-state index contributed by atoms with van der Waals surface area (Å²) in [6.45, 7) is -5.79. The highest BCUT2D eigenvalue weighted by molar-refractivity contribution is 5.83. The monoisotopic (exact) mass is 311 g/mol. The standard InChI is InChI=1S/C22H24N/c1-15-13-20(21-17(3)10-8-11-18(21)4)22(23(5)14-15)19-12-7-6-9-16(19)2/h6-14H,1-5H3/q+1/i1D3,3D3,4D3. The predicted molar refractivity (Wildman–Crippen MR) is 97.4 cm³/mol. The van der Waals surface area contributed by atoms with Gasteiger partial charge in [0.1, 0.15) is 7.05 Å². The maximum Gasteiger partial charge on any atom is 0.220 e. The Hall–Kier alpha value is -2.41. The van der Waals surface area contributed by atoms with E-state index in [4.69, 9.17) is 12.3 Å². The molecule has 0 N–H and O–H groups in total. The van der Waals surface area contributed by atoms with E-state index in [0.29, 0.717) is 5.69 Å². The van der Waals surface area contributed by atoms with Gasteiger partial charge < -0.3 is 0 Å².